The number of carbonyl (C=O) groups is 1. The van der Waals surface area contributed by atoms with Crippen LogP contribution < -0.4 is 10.6 Å². The lowest BCUT2D eigenvalue weighted by Gasteiger charge is -2.27. The highest BCUT2D eigenvalue weighted by molar-refractivity contribution is 5.93. The third-order valence-corrected chi connectivity index (χ3v) is 2.16. The van der Waals surface area contributed by atoms with E-state index in [9.17, 15) is 4.79 Å². The molecule has 0 aliphatic carbocycles. The molecule has 1 heterocycles. The molecule has 14 heavy (non-hydrogen) atoms. The number of rotatable bonds is 1. The predicted molar refractivity (Wildman–Crippen MR) is 55.2 cm³/mol. The van der Waals surface area contributed by atoms with Crippen molar-refractivity contribution in [3.8, 4) is 24.2 Å². The average Bonchev–Trinajstić information content (AvgIpc) is 2.18. The van der Waals surface area contributed by atoms with Crippen LogP contribution in [0.25, 0.3) is 0 Å². The number of nitrogens with one attached hydrogen (secondary N) is 2. The molecule has 2 atom stereocenters. The van der Waals surface area contributed by atoms with Crippen molar-refractivity contribution in [2.75, 3.05) is 13.1 Å². The SMILES string of the molecule is C#C[C@H]1CNC[C@@H](NC(=O)C#CC)C1. The fraction of sp³-hybridized carbons (Fsp3) is 0.545. The van der Waals surface area contributed by atoms with Crippen LogP contribution in [0.1, 0.15) is 13.3 Å². The van der Waals surface area contributed by atoms with Crippen LogP contribution in [0.2, 0.25) is 0 Å². The molecule has 0 aromatic carbocycles. The van der Waals surface area contributed by atoms with Crippen LogP contribution in [0.15, 0.2) is 0 Å². The van der Waals surface area contributed by atoms with Crippen molar-refractivity contribution >= 4 is 5.91 Å². The molecule has 0 aromatic heterocycles. The Bertz CT molecular complexity index is 305. The van der Waals surface area contributed by atoms with Crippen LogP contribution in [0.3, 0.4) is 0 Å². The molecular weight excluding hydrogens is 176 g/mol. The third kappa shape index (κ3) is 3.12. The van der Waals surface area contributed by atoms with Gasteiger partial charge in [0.25, 0.3) is 5.91 Å². The van der Waals surface area contributed by atoms with Crippen LogP contribution in [0.4, 0.5) is 0 Å². The molecule has 2 N–H and O–H groups in total. The molecule has 74 valence electrons. The van der Waals surface area contributed by atoms with E-state index in [0.29, 0.717) is 0 Å². The first-order chi connectivity index (χ1) is 6.76. The van der Waals surface area contributed by atoms with Gasteiger partial charge in [-0.1, -0.05) is 5.92 Å². The van der Waals surface area contributed by atoms with Gasteiger partial charge >= 0.3 is 0 Å². The minimum absolute atomic E-state index is 0.109. The van der Waals surface area contributed by atoms with E-state index in [1.54, 1.807) is 6.92 Å². The Hall–Kier alpha value is -1.45. The zero-order valence-electron chi connectivity index (χ0n) is 8.26. The lowest BCUT2D eigenvalue weighted by atomic mass is 9.96. The minimum atomic E-state index is -0.225. The van der Waals surface area contributed by atoms with Gasteiger partial charge < -0.3 is 10.6 Å². The number of hydrogen-bond acceptors (Lipinski definition) is 2. The predicted octanol–water partition coefficient (Wildman–Crippen LogP) is -0.263. The first-order valence-electron chi connectivity index (χ1n) is 4.66. The highest BCUT2D eigenvalue weighted by atomic mass is 16.1. The molecule has 1 aliphatic heterocycles. The summed E-state index contributed by atoms with van der Waals surface area (Å²) in [5.74, 6) is 7.68. The van der Waals surface area contributed by atoms with Gasteiger partial charge in [0.2, 0.25) is 0 Å². The number of terminal acetylenes is 1. The lowest BCUT2D eigenvalue weighted by Crippen LogP contribution is -2.48. The molecule has 0 bridgehead atoms. The number of carbonyl (C=O) groups excluding carboxylic acids is 1. The van der Waals surface area contributed by atoms with Gasteiger partial charge in [0.1, 0.15) is 0 Å². The smallest absolute Gasteiger partial charge is 0.296 e. The quantitative estimate of drug-likeness (QED) is 0.559. The summed E-state index contributed by atoms with van der Waals surface area (Å²) in [4.78, 5) is 11.1. The Morgan fingerprint density at radius 3 is 3.00 bits per heavy atom. The van der Waals surface area contributed by atoms with Gasteiger partial charge in [-0.15, -0.1) is 12.3 Å². The van der Waals surface area contributed by atoms with Crippen LogP contribution in [-0.2, 0) is 4.79 Å². The Morgan fingerprint density at radius 1 is 1.57 bits per heavy atom. The van der Waals surface area contributed by atoms with Crippen molar-refractivity contribution < 1.29 is 4.79 Å². The summed E-state index contributed by atoms with van der Waals surface area (Å²) in [6.07, 6.45) is 6.16. The molecule has 1 rings (SSSR count). The van der Waals surface area contributed by atoms with E-state index in [1.807, 2.05) is 0 Å². The van der Waals surface area contributed by atoms with Crippen molar-refractivity contribution in [1.82, 2.24) is 10.6 Å². The van der Waals surface area contributed by atoms with Gasteiger partial charge in [-0.3, -0.25) is 4.79 Å². The van der Waals surface area contributed by atoms with Crippen LogP contribution in [0.5, 0.6) is 0 Å². The zero-order valence-corrected chi connectivity index (χ0v) is 8.26. The molecular formula is C11H14N2O. The average molecular weight is 190 g/mol. The van der Waals surface area contributed by atoms with Crippen molar-refractivity contribution in [3.63, 3.8) is 0 Å². The molecule has 1 aliphatic rings. The van der Waals surface area contributed by atoms with Gasteiger partial charge in [0, 0.05) is 25.0 Å². The Morgan fingerprint density at radius 2 is 2.36 bits per heavy atom. The third-order valence-electron chi connectivity index (χ3n) is 2.16. The molecule has 3 nitrogen and oxygen atoms in total. The Labute approximate surface area is 84.6 Å². The second kappa shape index (κ2) is 5.32. The standard InChI is InChI=1S/C11H14N2O/c1-3-5-11(14)13-10-6-9(4-2)7-12-8-10/h2,9-10,12H,6-8H2,1H3,(H,13,14)/t9-,10+/m1/s1. The summed E-state index contributed by atoms with van der Waals surface area (Å²) in [7, 11) is 0. The monoisotopic (exact) mass is 190 g/mol. The summed E-state index contributed by atoms with van der Waals surface area (Å²) in [5, 5.41) is 5.99. The van der Waals surface area contributed by atoms with Crippen molar-refractivity contribution in [2.45, 2.75) is 19.4 Å². The normalized spacial score (nSPS) is 25.4. The fourth-order valence-corrected chi connectivity index (χ4v) is 1.51. The fourth-order valence-electron chi connectivity index (χ4n) is 1.51. The van der Waals surface area contributed by atoms with Gasteiger partial charge in [0.05, 0.1) is 0 Å². The highest BCUT2D eigenvalue weighted by Gasteiger charge is 2.20. The second-order valence-corrected chi connectivity index (χ2v) is 3.30. The minimum Gasteiger partial charge on any atom is -0.341 e. The lowest BCUT2D eigenvalue weighted by molar-refractivity contribution is -0.116. The zero-order chi connectivity index (χ0) is 10.4. The largest absolute Gasteiger partial charge is 0.341 e. The second-order valence-electron chi connectivity index (χ2n) is 3.30. The summed E-state index contributed by atoms with van der Waals surface area (Å²) < 4.78 is 0. The molecule has 0 radical (unpaired) electrons. The van der Waals surface area contributed by atoms with Gasteiger partial charge in [-0.05, 0) is 19.3 Å². The molecule has 1 fully saturated rings. The van der Waals surface area contributed by atoms with E-state index in [1.165, 1.54) is 0 Å². The van der Waals surface area contributed by atoms with Crippen LogP contribution >= 0.6 is 0 Å². The molecule has 0 aromatic rings. The number of amides is 1. The molecule has 1 saturated heterocycles. The van der Waals surface area contributed by atoms with E-state index in [4.69, 9.17) is 6.42 Å². The number of hydrogen-bond donors (Lipinski definition) is 2. The van der Waals surface area contributed by atoms with Gasteiger partial charge in [0.15, 0.2) is 0 Å². The van der Waals surface area contributed by atoms with Gasteiger partial charge in [-0.2, -0.15) is 0 Å². The van der Waals surface area contributed by atoms with Crippen molar-refractivity contribution in [1.29, 1.82) is 0 Å². The maximum absolute atomic E-state index is 11.1. The first kappa shape index (κ1) is 10.6. The topological polar surface area (TPSA) is 41.1 Å². The molecule has 0 spiro atoms. The van der Waals surface area contributed by atoms with E-state index >= 15 is 0 Å². The van der Waals surface area contributed by atoms with E-state index in [0.717, 1.165) is 19.5 Å². The first-order valence-corrected chi connectivity index (χ1v) is 4.66. The van der Waals surface area contributed by atoms with Crippen LogP contribution in [-0.4, -0.2) is 25.0 Å². The molecule has 3 heteroatoms. The van der Waals surface area contributed by atoms with E-state index in [-0.39, 0.29) is 17.9 Å². The maximum atomic E-state index is 11.1. The molecule has 0 saturated carbocycles. The number of piperidine rings is 1. The molecule has 0 unspecified atom stereocenters. The van der Waals surface area contributed by atoms with Crippen molar-refractivity contribution in [2.24, 2.45) is 5.92 Å². The Balaban J connectivity index is 2.41. The van der Waals surface area contributed by atoms with Crippen LogP contribution in [0, 0.1) is 30.1 Å². The summed E-state index contributed by atoms with van der Waals surface area (Å²) >= 11 is 0. The maximum Gasteiger partial charge on any atom is 0.296 e. The van der Waals surface area contributed by atoms with Gasteiger partial charge in [-0.25, -0.2) is 0 Å². The highest BCUT2D eigenvalue weighted by Crippen LogP contribution is 2.08. The summed E-state index contributed by atoms with van der Waals surface area (Å²) in [5.41, 5.74) is 0. The molecule has 1 amide bonds. The Kier molecular flexibility index (Phi) is 4.04. The van der Waals surface area contributed by atoms with Crippen molar-refractivity contribution in [3.05, 3.63) is 0 Å². The summed E-state index contributed by atoms with van der Waals surface area (Å²) in [6.45, 7) is 3.25. The van der Waals surface area contributed by atoms with E-state index < -0.39 is 0 Å². The van der Waals surface area contributed by atoms with E-state index in [2.05, 4.69) is 28.4 Å². The summed E-state index contributed by atoms with van der Waals surface area (Å²) in [6, 6.07) is 0.109.